The van der Waals surface area contributed by atoms with Crippen LogP contribution in [0.3, 0.4) is 0 Å². The molecule has 6 heteroatoms. The Morgan fingerprint density at radius 1 is 1.05 bits per heavy atom. The molecule has 1 fully saturated rings. The number of benzene rings is 2. The fourth-order valence-corrected chi connectivity index (χ4v) is 4.79. The van der Waals surface area contributed by atoms with E-state index in [0.717, 1.165) is 28.3 Å². The molecule has 2 aromatic carbocycles. The number of carboxylic acid groups (broad SMARTS) is 1. The van der Waals surface area contributed by atoms with Crippen LogP contribution in [0.5, 0.6) is 0 Å². The van der Waals surface area contributed by atoms with Crippen LogP contribution in [0.15, 0.2) is 41.6 Å². The number of hydrogen-bond donors (Lipinski definition) is 2. The first kappa shape index (κ1) is 32.7. The van der Waals surface area contributed by atoms with Crippen molar-refractivity contribution in [3.8, 4) is 0 Å². The van der Waals surface area contributed by atoms with Gasteiger partial charge in [-0.25, -0.2) is 0 Å². The lowest BCUT2D eigenvalue weighted by Crippen LogP contribution is -2.18. The lowest BCUT2D eigenvalue weighted by Gasteiger charge is -2.23. The van der Waals surface area contributed by atoms with Gasteiger partial charge in [0.2, 0.25) is 0 Å². The summed E-state index contributed by atoms with van der Waals surface area (Å²) in [6.07, 6.45) is 7.40. The Bertz CT molecular complexity index is 969. The van der Waals surface area contributed by atoms with Crippen LogP contribution in [0, 0.1) is 0 Å². The van der Waals surface area contributed by atoms with E-state index in [9.17, 15) is 4.79 Å². The van der Waals surface area contributed by atoms with Gasteiger partial charge in [-0.1, -0.05) is 94.9 Å². The largest absolute Gasteiger partial charge is 0.481 e. The first-order valence-corrected chi connectivity index (χ1v) is 14.3. The van der Waals surface area contributed by atoms with Crippen LogP contribution in [-0.4, -0.2) is 23.3 Å². The number of aryl methyl sites for hydroxylation is 1. The number of nitrogens with zero attached hydrogens (tertiary/aromatic N) is 1. The molecule has 0 bridgehead atoms. The molecule has 206 valence electrons. The van der Waals surface area contributed by atoms with Gasteiger partial charge in [0, 0.05) is 18.1 Å². The fraction of sp³-hybridized carbons (Fsp3) is 0.548. The van der Waals surface area contributed by atoms with Gasteiger partial charge in [0.15, 0.2) is 0 Å². The molecule has 5 nitrogen and oxygen atoms in total. The zero-order valence-electron chi connectivity index (χ0n) is 23.7. The average molecular weight is 531 g/mol. The minimum atomic E-state index is -0.789. The number of hydrogen-bond acceptors (Lipinski definition) is 4. The molecule has 0 aromatic heterocycles. The molecule has 0 unspecified atom stereocenters. The minimum Gasteiger partial charge on any atom is -0.481 e. The molecule has 0 heterocycles. The summed E-state index contributed by atoms with van der Waals surface area (Å²) in [7, 11) is 0. The fourth-order valence-electron chi connectivity index (χ4n) is 4.43. The van der Waals surface area contributed by atoms with Crippen LogP contribution in [0.2, 0.25) is 5.02 Å². The lowest BCUT2D eigenvalue weighted by atomic mass is 9.84. The van der Waals surface area contributed by atoms with Crippen LogP contribution in [0.4, 0.5) is 0 Å². The summed E-state index contributed by atoms with van der Waals surface area (Å²) in [5.41, 5.74) is 6.52. The van der Waals surface area contributed by atoms with E-state index in [2.05, 4.69) is 41.7 Å². The van der Waals surface area contributed by atoms with E-state index < -0.39 is 5.97 Å². The van der Waals surface area contributed by atoms with Crippen LogP contribution in [-0.2, 0) is 29.2 Å². The molecular weight excluding hydrogens is 484 g/mol. The molecule has 2 aromatic rings. The summed E-state index contributed by atoms with van der Waals surface area (Å²) >= 11 is 6.58. The van der Waals surface area contributed by atoms with Crippen molar-refractivity contribution in [2.24, 2.45) is 5.16 Å². The zero-order valence-corrected chi connectivity index (χ0v) is 24.5. The quantitative estimate of drug-likeness (QED) is 0.173. The maximum atomic E-state index is 10.7. The van der Waals surface area contributed by atoms with Crippen LogP contribution in [0.1, 0.15) is 114 Å². The van der Waals surface area contributed by atoms with Gasteiger partial charge in [-0.05, 0) is 72.1 Å². The van der Waals surface area contributed by atoms with Crippen molar-refractivity contribution in [3.05, 3.63) is 69.2 Å². The molecule has 1 saturated carbocycles. The molecule has 0 radical (unpaired) electrons. The normalized spacial score (nSPS) is 13.6. The van der Waals surface area contributed by atoms with Gasteiger partial charge >= 0.3 is 5.97 Å². The molecule has 0 amide bonds. The van der Waals surface area contributed by atoms with Crippen LogP contribution >= 0.6 is 11.6 Å². The molecule has 0 aliphatic heterocycles. The third-order valence-corrected chi connectivity index (χ3v) is 6.71. The Kier molecular flexibility index (Phi) is 16.6. The number of carboxylic acids is 1. The number of aliphatic carboxylic acids is 1. The van der Waals surface area contributed by atoms with E-state index in [-0.39, 0.29) is 6.42 Å². The van der Waals surface area contributed by atoms with Crippen molar-refractivity contribution in [3.63, 3.8) is 0 Å². The topological polar surface area (TPSA) is 70.9 Å². The van der Waals surface area contributed by atoms with E-state index in [0.29, 0.717) is 25.6 Å². The molecule has 37 heavy (non-hydrogen) atoms. The van der Waals surface area contributed by atoms with Crippen LogP contribution in [0.25, 0.3) is 0 Å². The molecule has 1 aliphatic carbocycles. The monoisotopic (exact) mass is 530 g/mol. The van der Waals surface area contributed by atoms with E-state index in [1.165, 1.54) is 48.8 Å². The van der Waals surface area contributed by atoms with Crippen molar-refractivity contribution < 1.29 is 14.7 Å². The molecule has 0 saturated heterocycles. The highest BCUT2D eigenvalue weighted by molar-refractivity contribution is 6.31. The van der Waals surface area contributed by atoms with Gasteiger partial charge in [-0.15, -0.1) is 0 Å². The Morgan fingerprint density at radius 2 is 1.76 bits per heavy atom. The summed E-state index contributed by atoms with van der Waals surface area (Å²) in [5.74, 6) is -0.201. The van der Waals surface area contributed by atoms with E-state index in [1.54, 1.807) is 0 Å². The zero-order chi connectivity index (χ0) is 27.6. The number of rotatable bonds is 11. The summed E-state index contributed by atoms with van der Waals surface area (Å²) in [4.78, 5) is 16.3. The molecule has 1 aliphatic rings. The predicted octanol–water partition coefficient (Wildman–Crippen LogP) is 8.51. The summed E-state index contributed by atoms with van der Waals surface area (Å²) in [6, 6.07) is 12.5. The SMILES string of the molecule is CC.CC.CCc1cc(/C(C)=N/OCc2ccc(C3CCCCC3)c(Cl)c2)ccc1CNCCC(=O)O. The molecule has 0 atom stereocenters. The highest BCUT2D eigenvalue weighted by atomic mass is 35.5. The van der Waals surface area contributed by atoms with Gasteiger partial charge < -0.3 is 15.3 Å². The van der Waals surface area contributed by atoms with Gasteiger partial charge in [0.25, 0.3) is 0 Å². The average Bonchev–Trinajstić information content (AvgIpc) is 2.93. The highest BCUT2D eigenvalue weighted by Gasteiger charge is 2.18. The predicted molar refractivity (Wildman–Crippen MR) is 157 cm³/mol. The second-order valence-corrected chi connectivity index (χ2v) is 9.21. The Morgan fingerprint density at radius 3 is 2.38 bits per heavy atom. The third kappa shape index (κ3) is 11.3. The Labute approximate surface area is 229 Å². The molecular formula is C31H47ClN2O3. The van der Waals surface area contributed by atoms with Crippen molar-refractivity contribution in [1.82, 2.24) is 5.32 Å². The number of halogens is 1. The van der Waals surface area contributed by atoms with Gasteiger partial charge in [0.05, 0.1) is 12.1 Å². The maximum Gasteiger partial charge on any atom is 0.304 e. The number of oxime groups is 1. The number of nitrogens with one attached hydrogen (secondary N) is 1. The summed E-state index contributed by atoms with van der Waals surface area (Å²) in [6.45, 7) is 13.6. The van der Waals surface area contributed by atoms with Gasteiger partial charge in [-0.2, -0.15) is 0 Å². The first-order valence-electron chi connectivity index (χ1n) is 14.0. The highest BCUT2D eigenvalue weighted by Crippen LogP contribution is 2.36. The smallest absolute Gasteiger partial charge is 0.304 e. The van der Waals surface area contributed by atoms with Gasteiger partial charge in [0.1, 0.15) is 6.61 Å². The summed E-state index contributed by atoms with van der Waals surface area (Å²) in [5, 5.41) is 17.1. The molecule has 0 spiro atoms. The Hall–Kier alpha value is -2.37. The summed E-state index contributed by atoms with van der Waals surface area (Å²) < 4.78 is 0. The second-order valence-electron chi connectivity index (χ2n) is 8.80. The van der Waals surface area contributed by atoms with Crippen molar-refractivity contribution in [1.29, 1.82) is 0 Å². The van der Waals surface area contributed by atoms with Crippen LogP contribution < -0.4 is 5.32 Å². The molecule has 3 rings (SSSR count). The van der Waals surface area contributed by atoms with E-state index in [4.69, 9.17) is 21.5 Å². The van der Waals surface area contributed by atoms with Crippen molar-refractivity contribution >= 4 is 23.3 Å². The van der Waals surface area contributed by atoms with Crippen molar-refractivity contribution in [2.45, 2.75) is 106 Å². The van der Waals surface area contributed by atoms with E-state index in [1.807, 2.05) is 46.8 Å². The Balaban J connectivity index is 0.00000163. The first-order chi connectivity index (χ1) is 18.0. The van der Waals surface area contributed by atoms with Gasteiger partial charge in [-0.3, -0.25) is 4.79 Å². The molecule has 2 N–H and O–H groups in total. The lowest BCUT2D eigenvalue weighted by molar-refractivity contribution is -0.136. The standard InChI is InChI=1S/C27H35ClN2O3.2C2H6/c1-3-21-16-23(10-11-24(21)17-29-14-13-27(31)32)19(2)30-33-18-20-9-12-25(26(28)15-20)22-7-5-4-6-8-22;2*1-2/h9-12,15-16,22,29H,3-8,13-14,17-18H2,1-2H3,(H,31,32);2*1-2H3/b30-19+;;. The maximum absolute atomic E-state index is 10.7. The van der Waals surface area contributed by atoms with Crippen molar-refractivity contribution in [2.75, 3.05) is 6.54 Å². The number of carbonyl (C=O) groups is 1. The minimum absolute atomic E-state index is 0.122. The third-order valence-electron chi connectivity index (χ3n) is 6.38. The van der Waals surface area contributed by atoms with E-state index >= 15 is 0 Å². The second kappa shape index (κ2) is 18.8.